The lowest BCUT2D eigenvalue weighted by Gasteiger charge is -2.48. The van der Waals surface area contributed by atoms with E-state index in [0.29, 0.717) is 30.5 Å². The van der Waals surface area contributed by atoms with Gasteiger partial charge in [0.15, 0.2) is 0 Å². The fourth-order valence-electron chi connectivity index (χ4n) is 6.74. The zero-order valence-electron chi connectivity index (χ0n) is 21.3. The third-order valence-electron chi connectivity index (χ3n) is 8.85. The minimum atomic E-state index is -0.614. The molecule has 0 radical (unpaired) electrons. The van der Waals surface area contributed by atoms with E-state index in [4.69, 9.17) is 4.74 Å². The molecule has 6 rings (SSSR count). The van der Waals surface area contributed by atoms with E-state index in [2.05, 4.69) is 15.1 Å². The van der Waals surface area contributed by atoms with E-state index in [9.17, 15) is 19.2 Å². The highest BCUT2D eigenvalue weighted by molar-refractivity contribution is 6.05. The lowest BCUT2D eigenvalue weighted by atomic mass is 9.86. The summed E-state index contributed by atoms with van der Waals surface area (Å²) in [6.07, 6.45) is 8.48. The molecular weight excluding hydrogens is 472 g/mol. The van der Waals surface area contributed by atoms with Crippen LogP contribution in [-0.2, 0) is 20.9 Å². The number of imide groups is 1. The molecule has 37 heavy (non-hydrogen) atoms. The lowest BCUT2D eigenvalue weighted by Crippen LogP contribution is -2.61. The van der Waals surface area contributed by atoms with Gasteiger partial charge in [0, 0.05) is 50.7 Å². The second kappa shape index (κ2) is 10.1. The molecular formula is C28H36N4O5. The molecule has 0 bridgehead atoms. The third-order valence-corrected chi connectivity index (χ3v) is 8.85. The second-order valence-electron chi connectivity index (χ2n) is 11.3. The number of hydrogen-bond donors (Lipinski definition) is 1. The summed E-state index contributed by atoms with van der Waals surface area (Å²) in [5, 5.41) is 2.35. The van der Waals surface area contributed by atoms with Crippen LogP contribution in [0.4, 0.5) is 0 Å². The van der Waals surface area contributed by atoms with Gasteiger partial charge in [0.2, 0.25) is 17.7 Å². The van der Waals surface area contributed by atoms with Crippen LogP contribution in [0.2, 0.25) is 0 Å². The molecule has 1 N–H and O–H groups in total. The smallest absolute Gasteiger partial charge is 0.255 e. The van der Waals surface area contributed by atoms with Gasteiger partial charge in [-0.2, -0.15) is 0 Å². The number of nitrogens with zero attached hydrogens (tertiary/aromatic N) is 3. The van der Waals surface area contributed by atoms with Gasteiger partial charge in [-0.15, -0.1) is 0 Å². The number of fused-ring (bicyclic) bond motifs is 1. The standard InChI is InChI=1S/C28H36N4O5/c33-25-11-10-23(26(34)29-25)32-17-18-14-20(8-9-21(18)28(32)36)37-24-7-3-2-6-22(24)31-15-19(16-31)27(35)30-12-4-1-5-13-30/h8-9,14,19,22-24H,1-7,10-13,15-17H2,(H,29,33,34)/t22-,23?,24?/m0/s1. The molecule has 4 heterocycles. The van der Waals surface area contributed by atoms with Crippen molar-refractivity contribution in [1.82, 2.24) is 20.0 Å². The van der Waals surface area contributed by atoms with Gasteiger partial charge in [-0.05, 0) is 68.7 Å². The number of carbonyl (C=O) groups is 4. The van der Waals surface area contributed by atoms with Crippen molar-refractivity contribution in [3.05, 3.63) is 29.3 Å². The molecule has 3 atom stereocenters. The van der Waals surface area contributed by atoms with Crippen LogP contribution >= 0.6 is 0 Å². The predicted octanol–water partition coefficient (Wildman–Crippen LogP) is 2.08. The van der Waals surface area contributed by atoms with Crippen LogP contribution in [0.25, 0.3) is 0 Å². The Kier molecular flexibility index (Phi) is 6.65. The monoisotopic (exact) mass is 508 g/mol. The average Bonchev–Trinajstić information content (AvgIpc) is 3.20. The van der Waals surface area contributed by atoms with Gasteiger partial charge in [-0.3, -0.25) is 29.4 Å². The maximum absolute atomic E-state index is 13.0. The summed E-state index contributed by atoms with van der Waals surface area (Å²) in [4.78, 5) is 55.8. The van der Waals surface area contributed by atoms with Gasteiger partial charge in [-0.1, -0.05) is 6.42 Å². The van der Waals surface area contributed by atoms with Crippen molar-refractivity contribution in [3.8, 4) is 5.75 Å². The van der Waals surface area contributed by atoms with Crippen molar-refractivity contribution < 1.29 is 23.9 Å². The topological polar surface area (TPSA) is 99.3 Å². The summed E-state index contributed by atoms with van der Waals surface area (Å²) in [7, 11) is 0. The van der Waals surface area contributed by atoms with Crippen LogP contribution in [0.15, 0.2) is 18.2 Å². The van der Waals surface area contributed by atoms with Crippen LogP contribution in [0, 0.1) is 5.92 Å². The van der Waals surface area contributed by atoms with Crippen molar-refractivity contribution in [2.24, 2.45) is 5.92 Å². The highest BCUT2D eigenvalue weighted by Gasteiger charge is 2.43. The van der Waals surface area contributed by atoms with Gasteiger partial charge in [-0.25, -0.2) is 0 Å². The molecule has 1 saturated carbocycles. The minimum Gasteiger partial charge on any atom is -0.489 e. The Hall–Kier alpha value is -2.94. The lowest BCUT2D eigenvalue weighted by molar-refractivity contribution is -0.145. The Morgan fingerprint density at radius 3 is 2.51 bits per heavy atom. The van der Waals surface area contributed by atoms with Crippen molar-refractivity contribution in [1.29, 1.82) is 0 Å². The van der Waals surface area contributed by atoms with Crippen LogP contribution < -0.4 is 10.1 Å². The molecule has 0 spiro atoms. The maximum Gasteiger partial charge on any atom is 0.255 e. The van der Waals surface area contributed by atoms with Crippen LogP contribution in [0.5, 0.6) is 5.75 Å². The number of ether oxygens (including phenoxy) is 1. The quantitative estimate of drug-likeness (QED) is 0.612. The van der Waals surface area contributed by atoms with Crippen LogP contribution in [0.1, 0.15) is 73.7 Å². The Morgan fingerprint density at radius 2 is 1.73 bits per heavy atom. The van der Waals surface area contributed by atoms with E-state index in [1.807, 2.05) is 12.1 Å². The number of hydrogen-bond acceptors (Lipinski definition) is 6. The molecule has 4 fully saturated rings. The van der Waals surface area contributed by atoms with Gasteiger partial charge in [0.25, 0.3) is 5.91 Å². The highest BCUT2D eigenvalue weighted by Crippen LogP contribution is 2.35. The number of likely N-dealkylation sites (tertiary alicyclic amines) is 2. The van der Waals surface area contributed by atoms with E-state index in [1.54, 1.807) is 11.0 Å². The molecule has 198 valence electrons. The Bertz CT molecular complexity index is 1090. The average molecular weight is 509 g/mol. The van der Waals surface area contributed by atoms with Crippen LogP contribution in [-0.4, -0.2) is 82.7 Å². The number of piperidine rings is 2. The molecule has 9 nitrogen and oxygen atoms in total. The maximum atomic E-state index is 13.0. The third kappa shape index (κ3) is 4.74. The Morgan fingerprint density at radius 1 is 0.946 bits per heavy atom. The highest BCUT2D eigenvalue weighted by atomic mass is 16.5. The number of amides is 4. The summed E-state index contributed by atoms with van der Waals surface area (Å²) in [5.74, 6) is 0.336. The summed E-state index contributed by atoms with van der Waals surface area (Å²) in [6, 6.07) is 5.28. The van der Waals surface area contributed by atoms with E-state index >= 15 is 0 Å². The molecule has 1 aromatic rings. The summed E-state index contributed by atoms with van der Waals surface area (Å²) >= 11 is 0. The van der Waals surface area contributed by atoms with E-state index in [0.717, 1.165) is 69.6 Å². The van der Waals surface area contributed by atoms with Gasteiger partial charge in [0.1, 0.15) is 17.9 Å². The van der Waals surface area contributed by atoms with E-state index in [-0.39, 0.29) is 30.3 Å². The second-order valence-corrected chi connectivity index (χ2v) is 11.3. The van der Waals surface area contributed by atoms with Crippen molar-refractivity contribution >= 4 is 23.6 Å². The predicted molar refractivity (Wildman–Crippen MR) is 135 cm³/mol. The number of rotatable bonds is 5. The number of carbonyl (C=O) groups excluding carboxylic acids is 4. The van der Waals surface area contributed by atoms with Gasteiger partial charge < -0.3 is 14.5 Å². The van der Waals surface area contributed by atoms with Crippen molar-refractivity contribution in [2.75, 3.05) is 26.2 Å². The van der Waals surface area contributed by atoms with E-state index in [1.165, 1.54) is 12.8 Å². The first kappa shape index (κ1) is 24.4. The minimum absolute atomic E-state index is 0.0566. The Balaban J connectivity index is 1.08. The number of nitrogens with one attached hydrogen (secondary N) is 1. The van der Waals surface area contributed by atoms with Crippen molar-refractivity contribution in [3.63, 3.8) is 0 Å². The largest absolute Gasteiger partial charge is 0.489 e. The molecule has 3 saturated heterocycles. The first-order chi connectivity index (χ1) is 18.0. The summed E-state index contributed by atoms with van der Waals surface area (Å²) < 4.78 is 6.52. The molecule has 1 aliphatic carbocycles. The fourth-order valence-corrected chi connectivity index (χ4v) is 6.74. The molecule has 9 heteroatoms. The zero-order valence-corrected chi connectivity index (χ0v) is 21.3. The van der Waals surface area contributed by atoms with Crippen molar-refractivity contribution in [2.45, 2.75) is 82.5 Å². The molecule has 1 aromatic carbocycles. The molecule has 5 aliphatic rings. The zero-order chi connectivity index (χ0) is 25.5. The van der Waals surface area contributed by atoms with Gasteiger partial charge in [0.05, 0.1) is 5.92 Å². The number of benzene rings is 1. The molecule has 4 amide bonds. The first-order valence-electron chi connectivity index (χ1n) is 13.9. The van der Waals surface area contributed by atoms with Crippen LogP contribution in [0.3, 0.4) is 0 Å². The molecule has 2 unspecified atom stereocenters. The molecule has 4 aliphatic heterocycles. The summed E-state index contributed by atoms with van der Waals surface area (Å²) in [6.45, 7) is 3.80. The molecule has 0 aromatic heterocycles. The van der Waals surface area contributed by atoms with E-state index < -0.39 is 11.9 Å². The fraction of sp³-hybridized carbons (Fsp3) is 0.643. The summed E-state index contributed by atoms with van der Waals surface area (Å²) in [5.41, 5.74) is 1.45. The first-order valence-corrected chi connectivity index (χ1v) is 13.9. The normalized spacial score (nSPS) is 29.1. The SMILES string of the molecule is O=C1CCC(N2Cc3cc(OC4CCCC[C@@H]4N4CC(C(=O)N5CCCCC5)C4)ccc3C2=O)C(=O)N1. The van der Waals surface area contributed by atoms with Gasteiger partial charge >= 0.3 is 0 Å². The Labute approximate surface area is 217 Å².